The normalized spacial score (nSPS) is 10.4. The lowest BCUT2D eigenvalue weighted by Crippen LogP contribution is -2.05. The van der Waals surface area contributed by atoms with Gasteiger partial charge in [-0.3, -0.25) is 4.79 Å². The summed E-state index contributed by atoms with van der Waals surface area (Å²) in [7, 11) is 0. The predicted molar refractivity (Wildman–Crippen MR) is 72.0 cm³/mol. The Bertz CT molecular complexity index is 144. The number of carbonyl (C=O) groups is 1. The second-order valence-corrected chi connectivity index (χ2v) is 4.93. The first-order chi connectivity index (χ1) is 7.81. The Labute approximate surface area is 108 Å². The summed E-state index contributed by atoms with van der Waals surface area (Å²) in [5.74, 6) is -0.0182. The van der Waals surface area contributed by atoms with E-state index >= 15 is 0 Å². The van der Waals surface area contributed by atoms with Crippen LogP contribution in [0.25, 0.3) is 0 Å². The van der Waals surface area contributed by atoms with Crippen LogP contribution < -0.4 is 0 Å². The molecule has 0 bridgehead atoms. The average Bonchev–Trinajstić information content (AvgIpc) is 2.28. The van der Waals surface area contributed by atoms with Gasteiger partial charge in [0.05, 0.1) is 6.61 Å². The van der Waals surface area contributed by atoms with Gasteiger partial charge in [0, 0.05) is 11.8 Å². The number of halogens is 1. The Kier molecular flexibility index (Phi) is 13.0. The summed E-state index contributed by atoms with van der Waals surface area (Å²) >= 11 is 3.39. The molecule has 2 nitrogen and oxygen atoms in total. The first kappa shape index (κ1) is 16.0. The van der Waals surface area contributed by atoms with Gasteiger partial charge < -0.3 is 4.74 Å². The quantitative estimate of drug-likeness (QED) is 0.319. The van der Waals surface area contributed by atoms with Crippen LogP contribution in [0.2, 0.25) is 0 Å². The van der Waals surface area contributed by atoms with Gasteiger partial charge in [-0.05, 0) is 19.3 Å². The SMILES string of the molecule is CCCCCCOC(=O)CCCCCCBr. The molecule has 0 saturated heterocycles. The van der Waals surface area contributed by atoms with E-state index < -0.39 is 0 Å². The molecule has 0 aromatic carbocycles. The average molecular weight is 293 g/mol. The van der Waals surface area contributed by atoms with Crippen LogP contribution in [0.3, 0.4) is 0 Å². The minimum absolute atomic E-state index is 0.0182. The Balaban J connectivity index is 3.12. The zero-order chi connectivity index (χ0) is 12.1. The van der Waals surface area contributed by atoms with E-state index in [1.165, 1.54) is 32.1 Å². The maximum absolute atomic E-state index is 11.3. The van der Waals surface area contributed by atoms with Crippen LogP contribution in [0.5, 0.6) is 0 Å². The van der Waals surface area contributed by atoms with E-state index in [0.717, 1.165) is 24.6 Å². The summed E-state index contributed by atoms with van der Waals surface area (Å²) in [6.45, 7) is 2.79. The number of ether oxygens (including phenoxy) is 1. The zero-order valence-electron chi connectivity index (χ0n) is 10.5. The molecule has 0 aliphatic carbocycles. The van der Waals surface area contributed by atoms with Crippen LogP contribution in [0.4, 0.5) is 0 Å². The van der Waals surface area contributed by atoms with Gasteiger partial charge in [0.15, 0.2) is 0 Å². The molecule has 16 heavy (non-hydrogen) atoms. The molecule has 0 saturated carbocycles. The van der Waals surface area contributed by atoms with Crippen LogP contribution in [0, 0.1) is 0 Å². The van der Waals surface area contributed by atoms with Crippen molar-refractivity contribution in [3.8, 4) is 0 Å². The summed E-state index contributed by atoms with van der Waals surface area (Å²) in [5, 5.41) is 1.06. The number of carbonyl (C=O) groups excluding carboxylic acids is 1. The summed E-state index contributed by atoms with van der Waals surface area (Å²) in [6, 6.07) is 0. The van der Waals surface area contributed by atoms with Gasteiger partial charge in [0.25, 0.3) is 0 Å². The van der Waals surface area contributed by atoms with Crippen molar-refractivity contribution in [2.45, 2.75) is 64.7 Å². The Morgan fingerprint density at radius 2 is 1.69 bits per heavy atom. The largest absolute Gasteiger partial charge is 0.466 e. The molecule has 0 aliphatic heterocycles. The molecule has 96 valence electrons. The fraction of sp³-hybridized carbons (Fsp3) is 0.923. The fourth-order valence-electron chi connectivity index (χ4n) is 1.50. The lowest BCUT2D eigenvalue weighted by molar-refractivity contribution is -0.143. The third-order valence-corrected chi connectivity index (χ3v) is 3.09. The molecule has 0 spiro atoms. The van der Waals surface area contributed by atoms with Crippen molar-refractivity contribution in [3.63, 3.8) is 0 Å². The van der Waals surface area contributed by atoms with Gasteiger partial charge in [-0.1, -0.05) is 55.0 Å². The van der Waals surface area contributed by atoms with E-state index in [4.69, 9.17) is 4.74 Å². The van der Waals surface area contributed by atoms with Gasteiger partial charge >= 0.3 is 5.97 Å². The number of alkyl halides is 1. The zero-order valence-corrected chi connectivity index (χ0v) is 12.1. The van der Waals surface area contributed by atoms with E-state index in [9.17, 15) is 4.79 Å². The summed E-state index contributed by atoms with van der Waals surface area (Å²) < 4.78 is 5.15. The molecule has 0 unspecified atom stereocenters. The number of rotatable bonds is 11. The second kappa shape index (κ2) is 13.0. The van der Waals surface area contributed by atoms with Crippen LogP contribution in [0.1, 0.15) is 64.7 Å². The van der Waals surface area contributed by atoms with Crippen molar-refractivity contribution >= 4 is 21.9 Å². The smallest absolute Gasteiger partial charge is 0.305 e. The van der Waals surface area contributed by atoms with Crippen molar-refractivity contribution in [2.75, 3.05) is 11.9 Å². The van der Waals surface area contributed by atoms with E-state index in [1.54, 1.807) is 0 Å². The minimum Gasteiger partial charge on any atom is -0.466 e. The minimum atomic E-state index is -0.0182. The molecule has 0 atom stereocenters. The van der Waals surface area contributed by atoms with E-state index in [0.29, 0.717) is 13.0 Å². The Morgan fingerprint density at radius 3 is 2.38 bits per heavy atom. The molecule has 0 aliphatic rings. The van der Waals surface area contributed by atoms with Gasteiger partial charge in [0.2, 0.25) is 0 Å². The van der Waals surface area contributed by atoms with Crippen molar-refractivity contribution in [1.82, 2.24) is 0 Å². The van der Waals surface area contributed by atoms with Crippen molar-refractivity contribution in [1.29, 1.82) is 0 Å². The van der Waals surface area contributed by atoms with Crippen molar-refractivity contribution in [2.24, 2.45) is 0 Å². The number of hydrogen-bond donors (Lipinski definition) is 0. The topological polar surface area (TPSA) is 26.3 Å². The summed E-state index contributed by atoms with van der Waals surface area (Å²) in [6.07, 6.45) is 9.76. The first-order valence-electron chi connectivity index (χ1n) is 6.52. The van der Waals surface area contributed by atoms with Crippen LogP contribution in [-0.4, -0.2) is 17.9 Å². The molecular weight excluding hydrogens is 268 g/mol. The van der Waals surface area contributed by atoms with Gasteiger partial charge in [-0.2, -0.15) is 0 Å². The fourth-order valence-corrected chi connectivity index (χ4v) is 1.90. The van der Waals surface area contributed by atoms with E-state index in [-0.39, 0.29) is 5.97 Å². The molecule has 0 heterocycles. The third kappa shape index (κ3) is 12.0. The summed E-state index contributed by atoms with van der Waals surface area (Å²) in [5.41, 5.74) is 0. The van der Waals surface area contributed by atoms with Crippen LogP contribution in [-0.2, 0) is 9.53 Å². The highest BCUT2D eigenvalue weighted by molar-refractivity contribution is 9.09. The number of unbranched alkanes of at least 4 members (excludes halogenated alkanes) is 6. The maximum atomic E-state index is 11.3. The van der Waals surface area contributed by atoms with Crippen molar-refractivity contribution in [3.05, 3.63) is 0 Å². The maximum Gasteiger partial charge on any atom is 0.305 e. The van der Waals surface area contributed by atoms with Gasteiger partial charge in [0.1, 0.15) is 0 Å². The molecular formula is C13H25BrO2. The van der Waals surface area contributed by atoms with Crippen molar-refractivity contribution < 1.29 is 9.53 Å². The lowest BCUT2D eigenvalue weighted by atomic mass is 10.1. The predicted octanol–water partition coefficient (Wildman–Crippen LogP) is 4.46. The second-order valence-electron chi connectivity index (χ2n) is 4.13. The molecule has 0 aromatic heterocycles. The lowest BCUT2D eigenvalue weighted by Gasteiger charge is -2.04. The van der Waals surface area contributed by atoms with Gasteiger partial charge in [-0.15, -0.1) is 0 Å². The highest BCUT2D eigenvalue weighted by atomic mass is 79.9. The summed E-state index contributed by atoms with van der Waals surface area (Å²) in [4.78, 5) is 11.3. The first-order valence-corrected chi connectivity index (χ1v) is 7.65. The molecule has 0 aromatic rings. The van der Waals surface area contributed by atoms with Gasteiger partial charge in [-0.25, -0.2) is 0 Å². The Morgan fingerprint density at radius 1 is 1.00 bits per heavy atom. The third-order valence-electron chi connectivity index (χ3n) is 2.53. The highest BCUT2D eigenvalue weighted by Crippen LogP contribution is 2.06. The molecule has 0 rings (SSSR count). The molecule has 0 radical (unpaired) electrons. The monoisotopic (exact) mass is 292 g/mol. The van der Waals surface area contributed by atoms with E-state index in [2.05, 4.69) is 22.9 Å². The van der Waals surface area contributed by atoms with E-state index in [1.807, 2.05) is 0 Å². The van der Waals surface area contributed by atoms with Crippen LogP contribution >= 0.6 is 15.9 Å². The standard InChI is InChI=1S/C13H25BrO2/c1-2-3-4-9-12-16-13(15)10-7-5-6-8-11-14/h2-12H2,1H3. The number of esters is 1. The number of hydrogen-bond acceptors (Lipinski definition) is 2. The molecule has 3 heteroatoms. The molecule has 0 amide bonds. The highest BCUT2D eigenvalue weighted by Gasteiger charge is 2.01. The Hall–Kier alpha value is -0.0500. The molecule has 0 N–H and O–H groups in total. The van der Waals surface area contributed by atoms with Crippen LogP contribution in [0.15, 0.2) is 0 Å². The molecule has 0 fully saturated rings.